The van der Waals surface area contributed by atoms with Crippen LogP contribution in [0.3, 0.4) is 0 Å². The molecular weight excluding hydrogens is 431 g/mol. The van der Waals surface area contributed by atoms with E-state index in [-0.39, 0.29) is 16.8 Å². The third kappa shape index (κ3) is 4.76. The van der Waals surface area contributed by atoms with Crippen molar-refractivity contribution in [2.45, 2.75) is 25.1 Å². The van der Waals surface area contributed by atoms with Gasteiger partial charge in [0.15, 0.2) is 0 Å². The van der Waals surface area contributed by atoms with E-state index in [4.69, 9.17) is 9.79 Å². The van der Waals surface area contributed by atoms with Crippen LogP contribution in [0.25, 0.3) is 0 Å². The normalized spacial score (nSPS) is 13.3. The van der Waals surface area contributed by atoms with E-state index in [1.165, 1.54) is 12.1 Å². The van der Waals surface area contributed by atoms with Crippen molar-refractivity contribution >= 4 is 29.4 Å². The predicted molar refractivity (Wildman–Crippen MR) is 96.8 cm³/mol. The number of alkyl halides is 2. The Morgan fingerprint density at radius 1 is 1.23 bits per heavy atom. The standard InChI is InChI=1S/C17H17BrF2NO4P/c1-11(21-16(22)9-12-5-3-2-4-6-12)13-7-8-14(15(18)10-13)17(19,20)26(23,24)25/h2-8,10-11H,9H2,1H3,(H,21,22)(H2,23,24,25). The van der Waals surface area contributed by atoms with Gasteiger partial charge in [0.25, 0.3) is 0 Å². The smallest absolute Gasteiger partial charge is 0.349 e. The number of carbonyl (C=O) groups excluding carboxylic acids is 1. The molecule has 0 bridgehead atoms. The van der Waals surface area contributed by atoms with Gasteiger partial charge in [-0.1, -0.05) is 58.4 Å². The molecule has 0 spiro atoms. The Kier molecular flexibility index (Phi) is 6.34. The molecule has 9 heteroatoms. The number of hydrogen-bond donors (Lipinski definition) is 3. The molecule has 1 amide bonds. The minimum absolute atomic E-state index is 0.146. The van der Waals surface area contributed by atoms with Crippen LogP contribution >= 0.6 is 23.5 Å². The first-order chi connectivity index (χ1) is 12.0. The molecule has 2 rings (SSSR count). The van der Waals surface area contributed by atoms with Gasteiger partial charge in [-0.3, -0.25) is 9.36 Å². The molecule has 2 aromatic rings. The van der Waals surface area contributed by atoms with E-state index in [2.05, 4.69) is 21.2 Å². The van der Waals surface area contributed by atoms with E-state index < -0.39 is 24.9 Å². The molecule has 0 fully saturated rings. The Labute approximate surface area is 157 Å². The first-order valence-electron chi connectivity index (χ1n) is 7.59. The second-order valence-corrected chi connectivity index (χ2v) is 8.28. The van der Waals surface area contributed by atoms with Gasteiger partial charge >= 0.3 is 13.3 Å². The van der Waals surface area contributed by atoms with Crippen molar-refractivity contribution in [1.29, 1.82) is 0 Å². The molecule has 0 aliphatic heterocycles. The summed E-state index contributed by atoms with van der Waals surface area (Å²) in [7, 11) is -5.65. The highest BCUT2D eigenvalue weighted by molar-refractivity contribution is 9.10. The van der Waals surface area contributed by atoms with E-state index in [1.807, 2.05) is 30.3 Å². The molecule has 3 N–H and O–H groups in total. The first-order valence-corrected chi connectivity index (χ1v) is 9.99. The van der Waals surface area contributed by atoms with Crippen LogP contribution in [0.5, 0.6) is 0 Å². The third-order valence-corrected chi connectivity index (χ3v) is 5.40. The van der Waals surface area contributed by atoms with Crippen molar-refractivity contribution in [2.75, 3.05) is 0 Å². The van der Waals surface area contributed by atoms with Gasteiger partial charge in [0.05, 0.1) is 12.5 Å². The topological polar surface area (TPSA) is 86.6 Å². The Morgan fingerprint density at radius 2 is 1.85 bits per heavy atom. The molecule has 5 nitrogen and oxygen atoms in total. The zero-order valence-electron chi connectivity index (χ0n) is 13.7. The van der Waals surface area contributed by atoms with Crippen molar-refractivity contribution in [3.63, 3.8) is 0 Å². The third-order valence-electron chi connectivity index (χ3n) is 3.77. The lowest BCUT2D eigenvalue weighted by Gasteiger charge is -2.21. The van der Waals surface area contributed by atoms with Gasteiger partial charge in [-0.05, 0) is 24.1 Å². The summed E-state index contributed by atoms with van der Waals surface area (Å²) in [4.78, 5) is 29.8. The number of rotatable bonds is 6. The maximum absolute atomic E-state index is 13.8. The summed E-state index contributed by atoms with van der Waals surface area (Å²) >= 11 is 2.93. The number of benzene rings is 2. The molecule has 0 saturated carbocycles. The van der Waals surface area contributed by atoms with Crippen LogP contribution in [0.2, 0.25) is 0 Å². The average molecular weight is 448 g/mol. The quantitative estimate of drug-likeness (QED) is 0.581. The van der Waals surface area contributed by atoms with Gasteiger partial charge in [0.1, 0.15) is 0 Å². The maximum Gasteiger partial charge on any atom is 0.399 e. The fraction of sp³-hybridized carbons (Fsp3) is 0.235. The predicted octanol–water partition coefficient (Wildman–Crippen LogP) is 4.10. The molecule has 140 valence electrons. The van der Waals surface area contributed by atoms with E-state index in [1.54, 1.807) is 6.92 Å². The average Bonchev–Trinajstić information content (AvgIpc) is 2.54. The highest BCUT2D eigenvalue weighted by Gasteiger charge is 2.51. The van der Waals surface area contributed by atoms with E-state index in [9.17, 15) is 18.1 Å². The molecule has 2 aromatic carbocycles. The summed E-state index contributed by atoms with van der Waals surface area (Å²) in [5.74, 6) is -0.232. The van der Waals surface area contributed by atoms with Crippen LogP contribution in [-0.2, 0) is 21.4 Å². The first kappa shape index (κ1) is 20.7. The van der Waals surface area contributed by atoms with Crippen LogP contribution in [0.15, 0.2) is 53.0 Å². The lowest BCUT2D eigenvalue weighted by molar-refractivity contribution is -0.121. The molecule has 0 heterocycles. The number of carbonyl (C=O) groups is 1. The van der Waals surface area contributed by atoms with Crippen molar-refractivity contribution in [3.8, 4) is 0 Å². The van der Waals surface area contributed by atoms with Crippen LogP contribution in [0, 0.1) is 0 Å². The molecular formula is C17H17BrF2NO4P. The molecule has 0 aliphatic carbocycles. The number of hydrogen-bond acceptors (Lipinski definition) is 2. The molecule has 1 unspecified atom stereocenters. The highest BCUT2D eigenvalue weighted by atomic mass is 79.9. The summed E-state index contributed by atoms with van der Waals surface area (Å²) < 4.78 is 38.6. The Hall–Kier alpha value is -1.60. The monoisotopic (exact) mass is 447 g/mol. The summed E-state index contributed by atoms with van der Waals surface area (Å²) in [5.41, 5.74) is -3.75. The molecule has 0 aliphatic rings. The number of nitrogens with one attached hydrogen (secondary N) is 1. The van der Waals surface area contributed by atoms with Crippen LogP contribution in [0.1, 0.15) is 29.7 Å². The Morgan fingerprint density at radius 3 is 2.38 bits per heavy atom. The fourth-order valence-corrected chi connectivity index (χ4v) is 3.67. The van der Waals surface area contributed by atoms with Gasteiger partial charge in [-0.15, -0.1) is 0 Å². The number of amides is 1. The Balaban J connectivity index is 2.13. The van der Waals surface area contributed by atoms with Crippen LogP contribution < -0.4 is 5.32 Å². The van der Waals surface area contributed by atoms with Crippen LogP contribution in [-0.4, -0.2) is 15.7 Å². The number of halogens is 3. The van der Waals surface area contributed by atoms with Gasteiger partial charge in [-0.2, -0.15) is 8.78 Å². The minimum atomic E-state index is -5.65. The van der Waals surface area contributed by atoms with Gasteiger partial charge < -0.3 is 15.1 Å². The lowest BCUT2D eigenvalue weighted by Crippen LogP contribution is -2.28. The van der Waals surface area contributed by atoms with Crippen LogP contribution in [0.4, 0.5) is 8.78 Å². The molecule has 0 saturated heterocycles. The van der Waals surface area contributed by atoms with Crippen molar-refractivity contribution in [3.05, 3.63) is 69.7 Å². The lowest BCUT2D eigenvalue weighted by atomic mass is 10.1. The summed E-state index contributed by atoms with van der Waals surface area (Å²) in [6.45, 7) is 1.69. The Bertz CT molecular complexity index is 842. The minimum Gasteiger partial charge on any atom is -0.349 e. The second-order valence-electron chi connectivity index (χ2n) is 5.78. The van der Waals surface area contributed by atoms with E-state index in [0.717, 1.165) is 11.6 Å². The highest BCUT2D eigenvalue weighted by Crippen LogP contribution is 2.60. The maximum atomic E-state index is 13.8. The zero-order valence-corrected chi connectivity index (χ0v) is 16.2. The summed E-state index contributed by atoms with van der Waals surface area (Å²) in [5, 5.41) is 2.76. The molecule has 1 atom stereocenters. The van der Waals surface area contributed by atoms with Gasteiger partial charge in [-0.25, -0.2) is 0 Å². The van der Waals surface area contributed by atoms with Crippen molar-refractivity contribution in [1.82, 2.24) is 5.32 Å². The second kappa shape index (κ2) is 7.96. The summed E-state index contributed by atoms with van der Waals surface area (Å²) in [6, 6.07) is 12.2. The SMILES string of the molecule is CC(NC(=O)Cc1ccccc1)c1ccc(C(F)(F)P(=O)(O)O)c(Br)c1. The van der Waals surface area contributed by atoms with Gasteiger partial charge in [0.2, 0.25) is 5.91 Å². The zero-order chi connectivity index (χ0) is 19.5. The molecule has 0 radical (unpaired) electrons. The van der Waals surface area contributed by atoms with E-state index in [0.29, 0.717) is 5.56 Å². The van der Waals surface area contributed by atoms with Gasteiger partial charge in [0, 0.05) is 10.0 Å². The largest absolute Gasteiger partial charge is 0.399 e. The molecule has 26 heavy (non-hydrogen) atoms. The van der Waals surface area contributed by atoms with Crippen molar-refractivity contribution in [2.24, 2.45) is 0 Å². The summed E-state index contributed by atoms with van der Waals surface area (Å²) in [6.07, 6.45) is 0.181. The fourth-order valence-electron chi connectivity index (χ4n) is 2.36. The molecule has 0 aromatic heterocycles. The van der Waals surface area contributed by atoms with E-state index >= 15 is 0 Å². The van der Waals surface area contributed by atoms with Crippen molar-refractivity contribution < 1.29 is 27.9 Å².